The Balaban J connectivity index is 1.70. The van der Waals surface area contributed by atoms with E-state index in [1.54, 1.807) is 5.56 Å². The zero-order chi connectivity index (χ0) is 19.9. The van der Waals surface area contributed by atoms with Crippen LogP contribution < -0.4 is 4.90 Å². The summed E-state index contributed by atoms with van der Waals surface area (Å²) in [5, 5.41) is 0. The Labute approximate surface area is 175 Å². The van der Waals surface area contributed by atoms with Gasteiger partial charge < -0.3 is 4.90 Å². The summed E-state index contributed by atoms with van der Waals surface area (Å²) in [6.45, 7) is 5.99. The van der Waals surface area contributed by atoms with E-state index in [0.717, 1.165) is 0 Å². The van der Waals surface area contributed by atoms with Gasteiger partial charge in [-0.15, -0.1) is 0 Å². The summed E-state index contributed by atoms with van der Waals surface area (Å²) >= 11 is 0. The largest absolute Gasteiger partial charge is 0.374 e. The first-order valence-corrected chi connectivity index (χ1v) is 12.4. The summed E-state index contributed by atoms with van der Waals surface area (Å²) in [6, 6.07) is 9.15. The third-order valence-corrected chi connectivity index (χ3v) is 7.99. The molecule has 1 aromatic rings. The van der Waals surface area contributed by atoms with Crippen molar-refractivity contribution in [3.63, 3.8) is 0 Å². The molecule has 1 heterocycles. The number of rotatable bonds is 7. The predicted octanol–water partition coefficient (Wildman–Crippen LogP) is 8.17. The first-order valence-electron chi connectivity index (χ1n) is 12.4. The Morgan fingerprint density at radius 3 is 2.32 bits per heavy atom. The molecule has 1 fully saturated rings. The van der Waals surface area contributed by atoms with Crippen LogP contribution in [0.4, 0.5) is 5.69 Å². The summed E-state index contributed by atoms with van der Waals surface area (Å²) in [5.74, 6) is 0. The number of hydrogen-bond donors (Lipinski definition) is 0. The lowest BCUT2D eigenvalue weighted by Gasteiger charge is -2.44. The van der Waals surface area contributed by atoms with Crippen molar-refractivity contribution in [2.75, 3.05) is 18.5 Å². The van der Waals surface area contributed by atoms with E-state index >= 15 is 0 Å². The first kappa shape index (κ1) is 21.7. The van der Waals surface area contributed by atoms with E-state index in [9.17, 15) is 0 Å². The van der Waals surface area contributed by atoms with Gasteiger partial charge >= 0.3 is 0 Å². The topological polar surface area (TPSA) is 3.24 Å². The van der Waals surface area contributed by atoms with Crippen molar-refractivity contribution in [2.45, 2.75) is 110 Å². The van der Waals surface area contributed by atoms with E-state index in [2.05, 4.69) is 50.1 Å². The molecule has 0 N–H and O–H groups in total. The number of unbranched alkanes of at least 4 members (excludes halogenated alkanes) is 3. The van der Waals surface area contributed by atoms with Crippen LogP contribution in [0.2, 0.25) is 0 Å². The molecule has 2 atom stereocenters. The second-order valence-corrected chi connectivity index (χ2v) is 10.3. The maximum atomic E-state index is 2.56. The van der Waals surface area contributed by atoms with Gasteiger partial charge in [0.25, 0.3) is 0 Å². The highest BCUT2D eigenvalue weighted by Gasteiger charge is 2.38. The van der Waals surface area contributed by atoms with Crippen LogP contribution in [-0.4, -0.2) is 13.6 Å². The Hall–Kier alpha value is -0.980. The highest BCUT2D eigenvalue weighted by Crippen LogP contribution is 2.48. The van der Waals surface area contributed by atoms with Gasteiger partial charge in [-0.1, -0.05) is 83.4 Å². The molecule has 1 nitrogen and oxygen atoms in total. The molecule has 0 bridgehead atoms. The predicted molar refractivity (Wildman–Crippen MR) is 124 cm³/mol. The van der Waals surface area contributed by atoms with Gasteiger partial charge in [0, 0.05) is 19.3 Å². The van der Waals surface area contributed by atoms with Crippen LogP contribution in [0.25, 0.3) is 0 Å². The molecular weight excluding hydrogens is 338 g/mol. The lowest BCUT2D eigenvalue weighted by Crippen LogP contribution is -2.42. The van der Waals surface area contributed by atoms with Crippen LogP contribution in [0.5, 0.6) is 0 Å². The Bertz CT molecular complexity index is 594. The molecule has 1 saturated carbocycles. The first-order chi connectivity index (χ1) is 13.6. The highest BCUT2D eigenvalue weighted by atomic mass is 15.1. The second-order valence-electron chi connectivity index (χ2n) is 10.3. The maximum absolute atomic E-state index is 2.56. The van der Waals surface area contributed by atoms with Crippen LogP contribution in [0.15, 0.2) is 24.3 Å². The van der Waals surface area contributed by atoms with Crippen molar-refractivity contribution in [1.29, 1.82) is 0 Å². The fraction of sp³-hybridized carbons (Fsp3) is 0.778. The number of para-hydroxylation sites is 1. The molecule has 1 spiro atoms. The summed E-state index contributed by atoms with van der Waals surface area (Å²) in [4.78, 5) is 2.56. The van der Waals surface area contributed by atoms with Gasteiger partial charge in [0.15, 0.2) is 0 Å². The van der Waals surface area contributed by atoms with Crippen LogP contribution in [0.1, 0.15) is 109 Å². The molecule has 158 valence electrons. The van der Waals surface area contributed by atoms with Crippen molar-refractivity contribution >= 4 is 5.69 Å². The molecule has 1 aliphatic carbocycles. The van der Waals surface area contributed by atoms with Gasteiger partial charge in [0.2, 0.25) is 0 Å². The van der Waals surface area contributed by atoms with E-state index in [0.29, 0.717) is 10.8 Å². The molecule has 1 aliphatic heterocycles. The fourth-order valence-electron chi connectivity index (χ4n) is 6.43. The number of nitrogens with zero attached hydrogens (tertiary/aromatic N) is 1. The van der Waals surface area contributed by atoms with E-state index < -0.39 is 0 Å². The van der Waals surface area contributed by atoms with Crippen molar-refractivity contribution in [2.24, 2.45) is 10.8 Å². The van der Waals surface area contributed by atoms with E-state index in [4.69, 9.17) is 0 Å². The van der Waals surface area contributed by atoms with Crippen molar-refractivity contribution < 1.29 is 0 Å². The number of benzene rings is 1. The van der Waals surface area contributed by atoms with Gasteiger partial charge in [-0.2, -0.15) is 0 Å². The van der Waals surface area contributed by atoms with Crippen molar-refractivity contribution in [3.8, 4) is 0 Å². The average molecular weight is 384 g/mol. The standard InChI is InChI=1S/C27H45N/c1-4-6-10-17-26(16-7-5-2)18-11-12-19-27(21-13-20-26)22-24-14-8-9-15-25(24)28(3)23-27/h8-9,14-15H,4-7,10-13,16-23H2,1-3H3. The lowest BCUT2D eigenvalue weighted by atomic mass is 9.69. The van der Waals surface area contributed by atoms with Crippen LogP contribution >= 0.6 is 0 Å². The zero-order valence-corrected chi connectivity index (χ0v) is 19.1. The SMILES string of the molecule is CCCCCC1(CCCC)CCCCC2(CCC1)Cc1ccccc1N(C)C2. The monoisotopic (exact) mass is 383 g/mol. The minimum absolute atomic E-state index is 0.521. The molecule has 28 heavy (non-hydrogen) atoms. The summed E-state index contributed by atoms with van der Waals surface area (Å²) in [7, 11) is 2.32. The smallest absolute Gasteiger partial charge is 0.0396 e. The van der Waals surface area contributed by atoms with Gasteiger partial charge in [-0.05, 0) is 67.4 Å². The van der Waals surface area contributed by atoms with Gasteiger partial charge in [-0.25, -0.2) is 0 Å². The normalized spacial score (nSPS) is 28.5. The molecule has 0 radical (unpaired) electrons. The Morgan fingerprint density at radius 2 is 1.50 bits per heavy atom. The molecule has 2 aliphatic rings. The van der Waals surface area contributed by atoms with Gasteiger partial charge in [0.1, 0.15) is 0 Å². The number of fused-ring (bicyclic) bond motifs is 1. The highest BCUT2D eigenvalue weighted by molar-refractivity contribution is 5.55. The number of hydrogen-bond acceptors (Lipinski definition) is 1. The quantitative estimate of drug-likeness (QED) is 0.429. The van der Waals surface area contributed by atoms with Gasteiger partial charge in [-0.3, -0.25) is 0 Å². The van der Waals surface area contributed by atoms with Crippen molar-refractivity contribution in [3.05, 3.63) is 29.8 Å². The third-order valence-electron chi connectivity index (χ3n) is 7.99. The van der Waals surface area contributed by atoms with E-state index in [1.165, 1.54) is 109 Å². The van der Waals surface area contributed by atoms with Crippen LogP contribution in [-0.2, 0) is 6.42 Å². The van der Waals surface area contributed by atoms with E-state index in [1.807, 2.05) is 0 Å². The molecule has 0 saturated heterocycles. The fourth-order valence-corrected chi connectivity index (χ4v) is 6.43. The van der Waals surface area contributed by atoms with Crippen LogP contribution in [0, 0.1) is 10.8 Å². The number of anilines is 1. The summed E-state index contributed by atoms with van der Waals surface area (Å²) in [5.41, 5.74) is 4.25. The van der Waals surface area contributed by atoms with E-state index in [-0.39, 0.29) is 0 Å². The second kappa shape index (κ2) is 10.2. The molecule has 1 aromatic carbocycles. The average Bonchev–Trinajstić information content (AvgIpc) is 2.77. The zero-order valence-electron chi connectivity index (χ0n) is 19.1. The Kier molecular flexibility index (Phi) is 7.89. The Morgan fingerprint density at radius 1 is 0.821 bits per heavy atom. The molecule has 2 unspecified atom stereocenters. The molecule has 0 amide bonds. The molecular formula is C27H45N. The van der Waals surface area contributed by atoms with Crippen molar-refractivity contribution in [1.82, 2.24) is 0 Å². The summed E-state index contributed by atoms with van der Waals surface area (Å²) in [6.07, 6.45) is 21.6. The van der Waals surface area contributed by atoms with Crippen LogP contribution in [0.3, 0.4) is 0 Å². The van der Waals surface area contributed by atoms with Gasteiger partial charge in [0.05, 0.1) is 0 Å². The molecule has 3 rings (SSSR count). The minimum atomic E-state index is 0.521. The molecule has 1 heteroatoms. The summed E-state index contributed by atoms with van der Waals surface area (Å²) < 4.78 is 0. The minimum Gasteiger partial charge on any atom is -0.374 e. The molecule has 0 aromatic heterocycles. The third kappa shape index (κ3) is 5.33. The maximum Gasteiger partial charge on any atom is 0.0396 e. The lowest BCUT2D eigenvalue weighted by molar-refractivity contribution is 0.172.